The zero-order valence-electron chi connectivity index (χ0n) is 13.8. The molecule has 25 heavy (non-hydrogen) atoms. The van der Waals surface area contributed by atoms with Crippen molar-refractivity contribution in [3.63, 3.8) is 0 Å². The molecule has 1 heterocycles. The van der Waals surface area contributed by atoms with E-state index in [0.29, 0.717) is 18.8 Å². The van der Waals surface area contributed by atoms with E-state index in [1.807, 2.05) is 24.3 Å². The van der Waals surface area contributed by atoms with Gasteiger partial charge in [0.1, 0.15) is 11.5 Å². The minimum atomic E-state index is -0.165. The Morgan fingerprint density at radius 1 is 1.08 bits per heavy atom. The summed E-state index contributed by atoms with van der Waals surface area (Å²) in [6, 6.07) is 15.1. The number of amides is 1. The highest BCUT2D eigenvalue weighted by molar-refractivity contribution is 7.22. The summed E-state index contributed by atoms with van der Waals surface area (Å²) in [4.78, 5) is 16.3. The maximum atomic E-state index is 11.8. The van der Waals surface area contributed by atoms with E-state index in [9.17, 15) is 4.79 Å². The van der Waals surface area contributed by atoms with Gasteiger partial charge in [0.05, 0.1) is 17.3 Å². The Kier molecular flexibility index (Phi) is 5.69. The maximum Gasteiger partial charge on any atom is 0.258 e. The third-order valence-corrected chi connectivity index (χ3v) is 4.44. The summed E-state index contributed by atoms with van der Waals surface area (Å²) >= 11 is 1.60. The molecule has 0 saturated carbocycles. The van der Waals surface area contributed by atoms with Crippen molar-refractivity contribution >= 4 is 32.6 Å². The number of rotatable bonds is 8. The third-order valence-electron chi connectivity index (χ3n) is 3.45. The summed E-state index contributed by atoms with van der Waals surface area (Å²) in [5, 5.41) is 6.87. The quantitative estimate of drug-likeness (QED) is 0.607. The first kappa shape index (κ1) is 17.0. The van der Waals surface area contributed by atoms with Gasteiger partial charge in [-0.2, -0.15) is 0 Å². The van der Waals surface area contributed by atoms with Gasteiger partial charge < -0.3 is 20.1 Å². The van der Waals surface area contributed by atoms with Gasteiger partial charge in [0, 0.05) is 13.1 Å². The van der Waals surface area contributed by atoms with Crippen LogP contribution in [-0.4, -0.2) is 37.7 Å². The van der Waals surface area contributed by atoms with Crippen molar-refractivity contribution in [3.8, 4) is 11.5 Å². The topological polar surface area (TPSA) is 72.5 Å². The van der Waals surface area contributed by atoms with Crippen molar-refractivity contribution in [2.45, 2.75) is 0 Å². The smallest absolute Gasteiger partial charge is 0.258 e. The number of methoxy groups -OCH3 is 1. The number of fused-ring (bicyclic) bond motifs is 1. The number of anilines is 1. The molecular formula is C18H19N3O3S. The molecule has 3 rings (SSSR count). The highest BCUT2D eigenvalue weighted by Crippen LogP contribution is 2.24. The number of nitrogens with one attached hydrogen (secondary N) is 2. The van der Waals surface area contributed by atoms with Gasteiger partial charge in [0.2, 0.25) is 0 Å². The van der Waals surface area contributed by atoms with Crippen LogP contribution in [0.5, 0.6) is 11.5 Å². The molecule has 0 aliphatic heterocycles. The molecule has 0 bridgehead atoms. The summed E-state index contributed by atoms with van der Waals surface area (Å²) in [5.41, 5.74) is 0.979. The summed E-state index contributed by atoms with van der Waals surface area (Å²) in [6.45, 7) is 1.09. The van der Waals surface area contributed by atoms with E-state index in [1.165, 1.54) is 0 Å². The SMILES string of the molecule is COc1ccc(OCC(=O)NCCNc2nc3ccccc3s2)cc1. The summed E-state index contributed by atoms with van der Waals surface area (Å²) in [6.07, 6.45) is 0. The lowest BCUT2D eigenvalue weighted by Gasteiger charge is -2.08. The largest absolute Gasteiger partial charge is 0.497 e. The van der Waals surface area contributed by atoms with Crippen molar-refractivity contribution < 1.29 is 14.3 Å². The minimum Gasteiger partial charge on any atom is -0.497 e. The highest BCUT2D eigenvalue weighted by atomic mass is 32.1. The van der Waals surface area contributed by atoms with Crippen LogP contribution >= 0.6 is 11.3 Å². The van der Waals surface area contributed by atoms with Crippen LogP contribution in [0, 0.1) is 0 Å². The van der Waals surface area contributed by atoms with Crippen molar-refractivity contribution in [3.05, 3.63) is 48.5 Å². The van der Waals surface area contributed by atoms with Gasteiger partial charge in [-0.3, -0.25) is 4.79 Å². The number of benzene rings is 2. The van der Waals surface area contributed by atoms with E-state index in [2.05, 4.69) is 15.6 Å². The van der Waals surface area contributed by atoms with Crippen molar-refractivity contribution in [1.82, 2.24) is 10.3 Å². The lowest BCUT2D eigenvalue weighted by Crippen LogP contribution is -2.32. The third kappa shape index (κ3) is 4.84. The van der Waals surface area contributed by atoms with E-state index in [4.69, 9.17) is 9.47 Å². The molecule has 0 aliphatic rings. The average molecular weight is 357 g/mol. The molecule has 2 aromatic carbocycles. The molecular weight excluding hydrogens is 338 g/mol. The molecule has 0 aliphatic carbocycles. The van der Waals surface area contributed by atoms with Crippen LogP contribution < -0.4 is 20.1 Å². The maximum absolute atomic E-state index is 11.8. The number of hydrogen-bond acceptors (Lipinski definition) is 6. The van der Waals surface area contributed by atoms with Gasteiger partial charge in [-0.25, -0.2) is 4.98 Å². The fraction of sp³-hybridized carbons (Fsp3) is 0.222. The van der Waals surface area contributed by atoms with E-state index in [-0.39, 0.29) is 12.5 Å². The van der Waals surface area contributed by atoms with Gasteiger partial charge in [-0.05, 0) is 36.4 Å². The second kappa shape index (κ2) is 8.34. The fourth-order valence-corrected chi connectivity index (χ4v) is 3.08. The van der Waals surface area contributed by atoms with Gasteiger partial charge in [-0.1, -0.05) is 23.5 Å². The molecule has 130 valence electrons. The predicted octanol–water partition coefficient (Wildman–Crippen LogP) is 2.91. The lowest BCUT2D eigenvalue weighted by atomic mass is 10.3. The van der Waals surface area contributed by atoms with E-state index < -0.39 is 0 Å². The minimum absolute atomic E-state index is 0.0204. The van der Waals surface area contributed by atoms with Crippen LogP contribution in [-0.2, 0) is 4.79 Å². The molecule has 0 unspecified atom stereocenters. The molecule has 0 spiro atoms. The summed E-state index contributed by atoms with van der Waals surface area (Å²) in [7, 11) is 1.60. The molecule has 0 saturated heterocycles. The van der Waals surface area contributed by atoms with Crippen LogP contribution in [0.2, 0.25) is 0 Å². The van der Waals surface area contributed by atoms with Gasteiger partial charge in [0.15, 0.2) is 11.7 Å². The van der Waals surface area contributed by atoms with E-state index >= 15 is 0 Å². The Labute approximate surface area is 149 Å². The second-order valence-corrected chi connectivity index (χ2v) is 6.26. The van der Waals surface area contributed by atoms with Crippen LogP contribution in [0.3, 0.4) is 0 Å². The molecule has 3 aromatic rings. The lowest BCUT2D eigenvalue weighted by molar-refractivity contribution is -0.123. The molecule has 0 atom stereocenters. The number of carbonyl (C=O) groups excluding carboxylic acids is 1. The molecule has 0 radical (unpaired) electrons. The molecule has 0 fully saturated rings. The number of hydrogen-bond donors (Lipinski definition) is 2. The molecule has 2 N–H and O–H groups in total. The zero-order chi connectivity index (χ0) is 17.5. The molecule has 6 nitrogen and oxygen atoms in total. The second-order valence-electron chi connectivity index (χ2n) is 5.23. The van der Waals surface area contributed by atoms with E-state index in [0.717, 1.165) is 21.1 Å². The highest BCUT2D eigenvalue weighted by Gasteiger charge is 2.04. The van der Waals surface area contributed by atoms with Crippen molar-refractivity contribution in [2.75, 3.05) is 32.1 Å². The Morgan fingerprint density at radius 3 is 2.60 bits per heavy atom. The van der Waals surface area contributed by atoms with Crippen LogP contribution in [0.25, 0.3) is 10.2 Å². The predicted molar refractivity (Wildman–Crippen MR) is 99.6 cm³/mol. The Hall–Kier alpha value is -2.80. The number of nitrogens with zero attached hydrogens (tertiary/aromatic N) is 1. The number of thiazole rings is 1. The van der Waals surface area contributed by atoms with Gasteiger partial charge in [-0.15, -0.1) is 0 Å². The molecule has 1 amide bonds. The Bertz CT molecular complexity index is 800. The standard InChI is InChI=1S/C18H19N3O3S/c1-23-13-6-8-14(9-7-13)24-12-17(22)19-10-11-20-18-21-15-4-2-3-5-16(15)25-18/h2-9H,10-12H2,1H3,(H,19,22)(H,20,21). The van der Waals surface area contributed by atoms with Crippen LogP contribution in [0.15, 0.2) is 48.5 Å². The first-order valence-electron chi connectivity index (χ1n) is 7.87. The van der Waals surface area contributed by atoms with Crippen molar-refractivity contribution in [1.29, 1.82) is 0 Å². The summed E-state index contributed by atoms with van der Waals surface area (Å²) in [5.74, 6) is 1.21. The number of para-hydroxylation sites is 1. The molecule has 1 aromatic heterocycles. The number of aromatic nitrogens is 1. The normalized spacial score (nSPS) is 10.4. The first-order chi connectivity index (χ1) is 12.2. The monoisotopic (exact) mass is 357 g/mol. The number of carbonyl (C=O) groups is 1. The van der Waals surface area contributed by atoms with Crippen LogP contribution in [0.4, 0.5) is 5.13 Å². The van der Waals surface area contributed by atoms with Crippen LogP contribution in [0.1, 0.15) is 0 Å². The fourth-order valence-electron chi connectivity index (χ4n) is 2.19. The van der Waals surface area contributed by atoms with Gasteiger partial charge in [0.25, 0.3) is 5.91 Å². The van der Waals surface area contributed by atoms with Gasteiger partial charge >= 0.3 is 0 Å². The summed E-state index contributed by atoms with van der Waals surface area (Å²) < 4.78 is 11.6. The molecule has 7 heteroatoms. The Balaban J connectivity index is 1.36. The number of ether oxygens (including phenoxy) is 2. The van der Waals surface area contributed by atoms with Crippen molar-refractivity contribution in [2.24, 2.45) is 0 Å². The van der Waals surface area contributed by atoms with E-state index in [1.54, 1.807) is 42.7 Å². The zero-order valence-corrected chi connectivity index (χ0v) is 14.6. The Morgan fingerprint density at radius 2 is 1.84 bits per heavy atom. The first-order valence-corrected chi connectivity index (χ1v) is 8.69. The average Bonchev–Trinajstić information content (AvgIpc) is 3.07.